The molecule has 21 heavy (non-hydrogen) atoms. The van der Waals surface area contributed by atoms with Gasteiger partial charge < -0.3 is 20.8 Å². The molecule has 0 spiro atoms. The van der Waals surface area contributed by atoms with Crippen molar-refractivity contribution in [2.75, 3.05) is 11.9 Å². The van der Waals surface area contributed by atoms with Crippen LogP contribution in [0.25, 0.3) is 0 Å². The monoisotopic (exact) mass is 361 g/mol. The number of nitrogens with zero attached hydrogens (tertiary/aromatic N) is 1. The highest BCUT2D eigenvalue weighted by atomic mass is 79.9. The van der Waals surface area contributed by atoms with Gasteiger partial charge in [0, 0.05) is 11.8 Å². The van der Waals surface area contributed by atoms with Crippen molar-refractivity contribution in [2.45, 2.75) is 12.5 Å². The Morgan fingerprint density at radius 3 is 2.62 bits per heavy atom. The van der Waals surface area contributed by atoms with Crippen LogP contribution in [0.2, 0.25) is 0 Å². The Balaban J connectivity index is 2.70. The van der Waals surface area contributed by atoms with Gasteiger partial charge in [0.1, 0.15) is 0 Å². The van der Waals surface area contributed by atoms with Crippen molar-refractivity contribution in [3.05, 3.63) is 32.8 Å². The van der Waals surface area contributed by atoms with E-state index in [9.17, 15) is 24.8 Å². The molecule has 2 amide bonds. The second-order valence-electron chi connectivity index (χ2n) is 4.31. The first-order chi connectivity index (χ1) is 9.63. The number of carboxylic acids is 1. The number of nitro benzene ring substituents is 1. The number of nitrogens with one attached hydrogen (secondary N) is 2. The van der Waals surface area contributed by atoms with E-state index in [-0.39, 0.29) is 15.8 Å². The van der Waals surface area contributed by atoms with Crippen molar-refractivity contribution < 1.29 is 24.7 Å². The Morgan fingerprint density at radius 1 is 1.48 bits per heavy atom. The maximum Gasteiger partial charge on any atom is 0.337 e. The minimum absolute atomic E-state index is 0.150. The molecule has 0 heterocycles. The molecule has 0 saturated heterocycles. The van der Waals surface area contributed by atoms with Crippen LogP contribution in [0, 0.1) is 10.1 Å². The lowest BCUT2D eigenvalue weighted by atomic mass is 10.1. The van der Waals surface area contributed by atoms with E-state index in [0.717, 1.165) is 13.0 Å². The van der Waals surface area contributed by atoms with E-state index in [1.54, 1.807) is 0 Å². The summed E-state index contributed by atoms with van der Waals surface area (Å²) in [5, 5.41) is 33.3. The molecule has 114 valence electrons. The van der Waals surface area contributed by atoms with E-state index >= 15 is 0 Å². The summed E-state index contributed by atoms with van der Waals surface area (Å²) in [5.41, 5.74) is -2.19. The molecule has 0 aromatic heterocycles. The van der Waals surface area contributed by atoms with Crippen LogP contribution in [0.3, 0.4) is 0 Å². The van der Waals surface area contributed by atoms with Crippen LogP contribution in [-0.2, 0) is 4.79 Å². The third-order valence-corrected chi connectivity index (χ3v) is 3.13. The number of benzene rings is 1. The number of rotatable bonds is 5. The number of carboxylic acid groups (broad SMARTS) is 1. The lowest BCUT2D eigenvalue weighted by Crippen LogP contribution is -2.47. The summed E-state index contributed by atoms with van der Waals surface area (Å²) < 4.78 is 0.257. The topological polar surface area (TPSA) is 142 Å². The smallest absolute Gasteiger partial charge is 0.337 e. The summed E-state index contributed by atoms with van der Waals surface area (Å²) in [7, 11) is 0. The quantitative estimate of drug-likeness (QED) is 0.460. The van der Waals surface area contributed by atoms with Gasteiger partial charge in [0.2, 0.25) is 0 Å². The van der Waals surface area contributed by atoms with Gasteiger partial charge in [-0.2, -0.15) is 0 Å². The van der Waals surface area contributed by atoms with Gasteiger partial charge in [-0.25, -0.2) is 9.59 Å². The summed E-state index contributed by atoms with van der Waals surface area (Å²) in [5.74, 6) is -1.48. The summed E-state index contributed by atoms with van der Waals surface area (Å²) in [6, 6.07) is 3.15. The summed E-state index contributed by atoms with van der Waals surface area (Å²) in [4.78, 5) is 32.3. The Labute approximate surface area is 127 Å². The maximum absolute atomic E-state index is 11.5. The minimum atomic E-state index is -2.11. The van der Waals surface area contributed by atoms with Crippen LogP contribution in [0.15, 0.2) is 22.7 Å². The van der Waals surface area contributed by atoms with Gasteiger partial charge in [0.05, 0.1) is 15.9 Å². The molecule has 1 atom stereocenters. The molecule has 0 aliphatic heterocycles. The maximum atomic E-state index is 11.5. The van der Waals surface area contributed by atoms with Crippen molar-refractivity contribution in [3.63, 3.8) is 0 Å². The highest BCUT2D eigenvalue weighted by Crippen LogP contribution is 2.27. The normalized spacial score (nSPS) is 13.1. The Morgan fingerprint density at radius 2 is 2.10 bits per heavy atom. The number of urea groups is 1. The van der Waals surface area contributed by atoms with Gasteiger partial charge in [-0.1, -0.05) is 0 Å². The largest absolute Gasteiger partial charge is 0.479 e. The molecular formula is C11H12BrN3O6. The molecular weight excluding hydrogens is 350 g/mol. The van der Waals surface area contributed by atoms with Gasteiger partial charge in [0.15, 0.2) is 5.60 Å². The number of hydrogen-bond donors (Lipinski definition) is 4. The Hall–Kier alpha value is -2.20. The number of aliphatic hydroxyl groups is 1. The highest BCUT2D eigenvalue weighted by molar-refractivity contribution is 9.10. The molecule has 1 rings (SSSR count). The number of carbonyl (C=O) groups excluding carboxylic acids is 1. The summed E-state index contributed by atoms with van der Waals surface area (Å²) >= 11 is 3.00. The SMILES string of the molecule is CC(O)(CNC(=O)Nc1ccc(Br)c([N+](=O)[O-])c1)C(=O)O. The zero-order valence-corrected chi connectivity index (χ0v) is 12.4. The second kappa shape index (κ2) is 6.50. The first kappa shape index (κ1) is 16.9. The average Bonchev–Trinajstić information content (AvgIpc) is 2.38. The molecule has 1 aromatic rings. The molecule has 0 radical (unpaired) electrons. The fourth-order valence-corrected chi connectivity index (χ4v) is 1.63. The van der Waals surface area contributed by atoms with E-state index in [4.69, 9.17) is 5.11 Å². The first-order valence-corrected chi connectivity index (χ1v) is 6.37. The summed E-state index contributed by atoms with van der Waals surface area (Å²) in [6.07, 6.45) is 0. The van der Waals surface area contributed by atoms with E-state index in [2.05, 4.69) is 26.6 Å². The number of amides is 2. The molecule has 0 bridgehead atoms. The second-order valence-corrected chi connectivity index (χ2v) is 5.16. The average molecular weight is 362 g/mol. The van der Waals surface area contributed by atoms with Gasteiger partial charge in [0.25, 0.3) is 5.69 Å². The molecule has 4 N–H and O–H groups in total. The van der Waals surface area contributed by atoms with Crippen molar-refractivity contribution in [2.24, 2.45) is 0 Å². The van der Waals surface area contributed by atoms with E-state index in [1.807, 2.05) is 0 Å². The third kappa shape index (κ3) is 4.68. The first-order valence-electron chi connectivity index (χ1n) is 5.58. The van der Waals surface area contributed by atoms with Crippen LogP contribution >= 0.6 is 15.9 Å². The number of aliphatic carboxylic acids is 1. The van der Waals surface area contributed by atoms with Crippen LogP contribution in [0.5, 0.6) is 0 Å². The molecule has 0 aliphatic carbocycles. The summed E-state index contributed by atoms with van der Waals surface area (Å²) in [6.45, 7) is 0.507. The van der Waals surface area contributed by atoms with Crippen LogP contribution in [0.4, 0.5) is 16.2 Å². The van der Waals surface area contributed by atoms with E-state index in [0.29, 0.717) is 0 Å². The van der Waals surface area contributed by atoms with Gasteiger partial charge >= 0.3 is 12.0 Å². The van der Waals surface area contributed by atoms with E-state index in [1.165, 1.54) is 12.1 Å². The van der Waals surface area contributed by atoms with Gasteiger partial charge in [-0.3, -0.25) is 10.1 Å². The predicted molar refractivity (Wildman–Crippen MR) is 76.1 cm³/mol. The molecule has 0 aliphatic rings. The van der Waals surface area contributed by atoms with Crippen molar-refractivity contribution in [3.8, 4) is 0 Å². The number of halogens is 1. The lowest BCUT2D eigenvalue weighted by Gasteiger charge is -2.18. The zero-order valence-electron chi connectivity index (χ0n) is 10.8. The van der Waals surface area contributed by atoms with E-state index < -0.39 is 29.1 Å². The standard InChI is InChI=1S/C11H12BrN3O6/c1-11(19,9(16)17)5-13-10(18)14-6-2-3-7(12)8(4-6)15(20)21/h2-4,19H,5H2,1H3,(H,16,17)(H2,13,14,18). The fraction of sp³-hybridized carbons (Fsp3) is 0.273. The molecule has 1 aromatic carbocycles. The molecule has 9 nitrogen and oxygen atoms in total. The number of nitro groups is 1. The molecule has 0 fully saturated rings. The lowest BCUT2D eigenvalue weighted by molar-refractivity contribution is -0.385. The third-order valence-electron chi connectivity index (χ3n) is 2.45. The molecule has 1 unspecified atom stereocenters. The highest BCUT2D eigenvalue weighted by Gasteiger charge is 2.30. The zero-order chi connectivity index (χ0) is 16.2. The van der Waals surface area contributed by atoms with Crippen molar-refractivity contribution in [1.82, 2.24) is 5.32 Å². The molecule has 10 heteroatoms. The fourth-order valence-electron chi connectivity index (χ4n) is 1.23. The van der Waals surface area contributed by atoms with Gasteiger partial charge in [-0.05, 0) is 35.0 Å². The van der Waals surface area contributed by atoms with Crippen LogP contribution in [0.1, 0.15) is 6.92 Å². The predicted octanol–water partition coefficient (Wildman–Crippen LogP) is 1.31. The minimum Gasteiger partial charge on any atom is -0.479 e. The Bertz CT molecular complexity index is 589. The van der Waals surface area contributed by atoms with Gasteiger partial charge in [-0.15, -0.1) is 0 Å². The number of carbonyl (C=O) groups is 2. The van der Waals surface area contributed by atoms with Crippen LogP contribution < -0.4 is 10.6 Å². The Kier molecular flexibility index (Phi) is 5.22. The number of hydrogen-bond acceptors (Lipinski definition) is 5. The number of anilines is 1. The molecule has 0 saturated carbocycles. The van der Waals surface area contributed by atoms with Crippen molar-refractivity contribution >= 4 is 39.3 Å². The van der Waals surface area contributed by atoms with Crippen molar-refractivity contribution in [1.29, 1.82) is 0 Å². The van der Waals surface area contributed by atoms with Crippen LogP contribution in [-0.4, -0.2) is 39.3 Å².